The normalized spacial score (nSPS) is 10.1. The number of hydrogen-bond acceptors (Lipinski definition) is 3. The van der Waals surface area contributed by atoms with E-state index in [2.05, 4.69) is 10.3 Å². The summed E-state index contributed by atoms with van der Waals surface area (Å²) in [5, 5.41) is 8.01. The Morgan fingerprint density at radius 2 is 2.00 bits per heavy atom. The van der Waals surface area contributed by atoms with E-state index in [0.717, 1.165) is 11.4 Å². The first-order valence-corrected chi connectivity index (χ1v) is 4.39. The van der Waals surface area contributed by atoms with Crippen LogP contribution in [0.1, 0.15) is 0 Å². The molecule has 0 saturated carbocycles. The lowest BCUT2D eigenvalue weighted by molar-refractivity contribution is 0.414. The van der Waals surface area contributed by atoms with Crippen LogP contribution in [0.3, 0.4) is 0 Å². The zero-order valence-electron chi connectivity index (χ0n) is 7.51. The summed E-state index contributed by atoms with van der Waals surface area (Å²) in [6.45, 7) is 0. The summed E-state index contributed by atoms with van der Waals surface area (Å²) in [6.07, 6.45) is 1.49. The number of ether oxygens (including phenoxy) is 1. The van der Waals surface area contributed by atoms with Gasteiger partial charge in [-0.2, -0.15) is 0 Å². The fourth-order valence-electron chi connectivity index (χ4n) is 1.12. The first kappa shape index (κ1) is 9.02. The van der Waals surface area contributed by atoms with Crippen LogP contribution in [0.15, 0.2) is 30.5 Å². The fraction of sp³-hybridized carbons (Fsp3) is 0.111. The molecule has 0 spiro atoms. The molecular weight excluding hydrogens is 202 g/mol. The minimum Gasteiger partial charge on any atom is -0.497 e. The summed E-state index contributed by atoms with van der Waals surface area (Å²) >= 11 is 5.85. The molecule has 0 unspecified atom stereocenters. The molecule has 1 aromatic heterocycles. The van der Waals surface area contributed by atoms with E-state index in [4.69, 9.17) is 16.3 Å². The van der Waals surface area contributed by atoms with Gasteiger partial charge in [-0.15, -0.1) is 5.10 Å². The highest BCUT2D eigenvalue weighted by Crippen LogP contribution is 2.17. The third kappa shape index (κ3) is 1.56. The molecule has 14 heavy (non-hydrogen) atoms. The van der Waals surface area contributed by atoms with Gasteiger partial charge in [-0.25, -0.2) is 4.68 Å². The first-order valence-electron chi connectivity index (χ1n) is 4.02. The summed E-state index contributed by atoms with van der Waals surface area (Å²) in [4.78, 5) is 0. The van der Waals surface area contributed by atoms with Crippen molar-refractivity contribution < 1.29 is 4.74 Å². The van der Waals surface area contributed by atoms with Crippen molar-refractivity contribution in [3.8, 4) is 11.4 Å². The fourth-order valence-corrected chi connectivity index (χ4v) is 1.30. The number of methoxy groups -OCH3 is 1. The molecule has 2 rings (SSSR count). The second-order valence-electron chi connectivity index (χ2n) is 2.67. The van der Waals surface area contributed by atoms with Gasteiger partial charge in [0.05, 0.1) is 19.0 Å². The van der Waals surface area contributed by atoms with Crippen LogP contribution in [0.2, 0.25) is 5.15 Å². The monoisotopic (exact) mass is 209 g/mol. The minimum atomic E-state index is 0.482. The van der Waals surface area contributed by atoms with Crippen LogP contribution in [-0.2, 0) is 0 Å². The van der Waals surface area contributed by atoms with E-state index in [1.165, 1.54) is 6.20 Å². The second-order valence-corrected chi connectivity index (χ2v) is 3.05. The molecule has 1 aromatic carbocycles. The van der Waals surface area contributed by atoms with E-state index in [0.29, 0.717) is 5.15 Å². The number of halogens is 1. The molecule has 1 heterocycles. The Kier molecular flexibility index (Phi) is 2.37. The Hall–Kier alpha value is -1.55. The van der Waals surface area contributed by atoms with E-state index in [-0.39, 0.29) is 0 Å². The van der Waals surface area contributed by atoms with Gasteiger partial charge in [0.2, 0.25) is 0 Å². The van der Waals surface area contributed by atoms with Crippen LogP contribution >= 0.6 is 11.6 Å². The van der Waals surface area contributed by atoms with E-state index in [1.807, 2.05) is 24.3 Å². The van der Waals surface area contributed by atoms with Crippen molar-refractivity contribution in [2.75, 3.05) is 7.11 Å². The Morgan fingerprint density at radius 1 is 1.29 bits per heavy atom. The molecule has 0 aliphatic rings. The molecule has 0 fully saturated rings. The molecule has 0 saturated heterocycles. The molecule has 0 N–H and O–H groups in total. The summed E-state index contributed by atoms with van der Waals surface area (Å²) in [6, 6.07) is 7.40. The van der Waals surface area contributed by atoms with Crippen molar-refractivity contribution in [2.45, 2.75) is 0 Å². The Morgan fingerprint density at radius 3 is 2.50 bits per heavy atom. The highest BCUT2D eigenvalue weighted by molar-refractivity contribution is 6.29. The maximum absolute atomic E-state index is 5.85. The van der Waals surface area contributed by atoms with Crippen molar-refractivity contribution in [2.24, 2.45) is 0 Å². The van der Waals surface area contributed by atoms with Gasteiger partial charge in [-0.3, -0.25) is 0 Å². The molecular formula is C9H8ClN3O. The molecule has 0 atom stereocenters. The predicted molar refractivity (Wildman–Crippen MR) is 52.9 cm³/mol. The quantitative estimate of drug-likeness (QED) is 0.759. The smallest absolute Gasteiger partial charge is 0.153 e. The van der Waals surface area contributed by atoms with E-state index in [9.17, 15) is 0 Å². The molecule has 0 radical (unpaired) electrons. The van der Waals surface area contributed by atoms with E-state index in [1.54, 1.807) is 11.8 Å². The molecule has 0 bridgehead atoms. The van der Waals surface area contributed by atoms with Crippen LogP contribution in [0.25, 0.3) is 5.69 Å². The number of aromatic nitrogens is 3. The molecule has 2 aromatic rings. The molecule has 72 valence electrons. The molecule has 0 aliphatic heterocycles. The number of hydrogen-bond donors (Lipinski definition) is 0. The van der Waals surface area contributed by atoms with Gasteiger partial charge < -0.3 is 4.74 Å². The van der Waals surface area contributed by atoms with Gasteiger partial charge in [0.1, 0.15) is 5.75 Å². The average Bonchev–Trinajstić information content (AvgIpc) is 2.65. The predicted octanol–water partition coefficient (Wildman–Crippen LogP) is 1.93. The summed E-state index contributed by atoms with van der Waals surface area (Å²) < 4.78 is 6.58. The average molecular weight is 210 g/mol. The largest absolute Gasteiger partial charge is 0.497 e. The standard InChI is InChI=1S/C9H8ClN3O/c1-14-8-4-2-7(3-5-8)13-9(10)6-11-12-13/h2-6H,1H3. The highest BCUT2D eigenvalue weighted by atomic mass is 35.5. The summed E-state index contributed by atoms with van der Waals surface area (Å²) in [5.74, 6) is 0.796. The van der Waals surface area contributed by atoms with Crippen LogP contribution in [0, 0.1) is 0 Å². The first-order chi connectivity index (χ1) is 6.81. The van der Waals surface area contributed by atoms with Crippen LogP contribution < -0.4 is 4.74 Å². The van der Waals surface area contributed by atoms with Crippen molar-refractivity contribution in [3.05, 3.63) is 35.6 Å². The number of rotatable bonds is 2. The lowest BCUT2D eigenvalue weighted by Crippen LogP contribution is -1.96. The van der Waals surface area contributed by atoms with Crippen molar-refractivity contribution in [1.29, 1.82) is 0 Å². The molecule has 5 heteroatoms. The second kappa shape index (κ2) is 3.67. The number of benzene rings is 1. The highest BCUT2D eigenvalue weighted by Gasteiger charge is 2.02. The van der Waals surface area contributed by atoms with E-state index >= 15 is 0 Å². The van der Waals surface area contributed by atoms with Gasteiger partial charge >= 0.3 is 0 Å². The SMILES string of the molecule is COc1ccc(-n2nncc2Cl)cc1. The number of nitrogens with zero attached hydrogens (tertiary/aromatic N) is 3. The zero-order valence-corrected chi connectivity index (χ0v) is 8.27. The maximum atomic E-state index is 5.85. The van der Waals surface area contributed by atoms with Gasteiger partial charge in [0, 0.05) is 0 Å². The Balaban J connectivity index is 2.39. The third-order valence-electron chi connectivity index (χ3n) is 1.82. The minimum absolute atomic E-state index is 0.482. The molecule has 0 amide bonds. The maximum Gasteiger partial charge on any atom is 0.153 e. The molecule has 4 nitrogen and oxygen atoms in total. The van der Waals surface area contributed by atoms with Crippen LogP contribution in [0.5, 0.6) is 5.75 Å². The van der Waals surface area contributed by atoms with E-state index < -0.39 is 0 Å². The Bertz CT molecular complexity index is 424. The zero-order chi connectivity index (χ0) is 9.97. The lowest BCUT2D eigenvalue weighted by atomic mass is 10.3. The lowest BCUT2D eigenvalue weighted by Gasteiger charge is -2.03. The van der Waals surface area contributed by atoms with Crippen LogP contribution in [0.4, 0.5) is 0 Å². The van der Waals surface area contributed by atoms with Gasteiger partial charge in [-0.05, 0) is 24.3 Å². The van der Waals surface area contributed by atoms with Crippen molar-refractivity contribution in [1.82, 2.24) is 15.0 Å². The van der Waals surface area contributed by atoms with Gasteiger partial charge in [0.25, 0.3) is 0 Å². The summed E-state index contributed by atoms with van der Waals surface area (Å²) in [5.41, 5.74) is 0.855. The molecule has 0 aliphatic carbocycles. The third-order valence-corrected chi connectivity index (χ3v) is 2.08. The Labute approximate surface area is 86.1 Å². The topological polar surface area (TPSA) is 39.9 Å². The van der Waals surface area contributed by atoms with Gasteiger partial charge in [-0.1, -0.05) is 16.8 Å². The van der Waals surface area contributed by atoms with Gasteiger partial charge in [0.15, 0.2) is 5.15 Å². The van der Waals surface area contributed by atoms with Crippen LogP contribution in [-0.4, -0.2) is 22.1 Å². The van der Waals surface area contributed by atoms with Crippen molar-refractivity contribution >= 4 is 11.6 Å². The summed E-state index contributed by atoms with van der Waals surface area (Å²) in [7, 11) is 1.62. The van der Waals surface area contributed by atoms with Crippen molar-refractivity contribution in [3.63, 3.8) is 0 Å².